The number of fused-ring (bicyclic) bond motifs is 2. The zero-order valence-corrected chi connectivity index (χ0v) is 28.2. The molecule has 0 saturated carbocycles. The van der Waals surface area contributed by atoms with Crippen molar-refractivity contribution in [2.45, 2.75) is 69.2 Å². The van der Waals surface area contributed by atoms with Gasteiger partial charge in [0.05, 0.1) is 10.4 Å². The second kappa shape index (κ2) is 14.0. The van der Waals surface area contributed by atoms with Crippen molar-refractivity contribution in [2.24, 2.45) is 5.92 Å². The lowest BCUT2D eigenvalue weighted by molar-refractivity contribution is -0.149. The summed E-state index contributed by atoms with van der Waals surface area (Å²) in [6, 6.07) is 12.5. The molecule has 3 aliphatic rings. The van der Waals surface area contributed by atoms with Gasteiger partial charge >= 0.3 is 13.7 Å². The molecule has 254 valence electrons. The molecule has 2 N–H and O–H groups in total. The van der Waals surface area contributed by atoms with Crippen molar-refractivity contribution in [2.75, 3.05) is 26.2 Å². The Labute approximate surface area is 281 Å². The lowest BCUT2D eigenvalue weighted by atomic mass is 9.98. The quantitative estimate of drug-likeness (QED) is 0.323. The number of thiophene rings is 1. The van der Waals surface area contributed by atoms with E-state index in [9.17, 15) is 32.5 Å². The minimum atomic E-state index is -3.96. The third kappa shape index (κ3) is 6.86. The van der Waals surface area contributed by atoms with E-state index >= 15 is 0 Å². The molecule has 14 heteroatoms. The minimum absolute atomic E-state index is 0.0821. The fourth-order valence-corrected chi connectivity index (χ4v) is 8.43. The molecule has 0 aliphatic carbocycles. The van der Waals surface area contributed by atoms with E-state index in [1.54, 1.807) is 14.7 Å². The van der Waals surface area contributed by atoms with E-state index in [2.05, 4.69) is 5.32 Å². The topological polar surface area (TPSA) is 127 Å². The molecule has 0 radical (unpaired) electrons. The highest BCUT2D eigenvalue weighted by Gasteiger charge is 2.53. The van der Waals surface area contributed by atoms with Gasteiger partial charge in [0.25, 0.3) is 5.91 Å². The Balaban J connectivity index is 1.27. The lowest BCUT2D eigenvalue weighted by Crippen LogP contribution is -2.61. The second-order valence-corrected chi connectivity index (χ2v) is 15.1. The zero-order chi connectivity index (χ0) is 34.2. The van der Waals surface area contributed by atoms with Gasteiger partial charge in [-0.25, -0.2) is 0 Å². The lowest BCUT2D eigenvalue weighted by Gasteiger charge is -2.40. The molecule has 2 aromatic carbocycles. The normalized spacial score (nSPS) is 22.7. The third-order valence-electron chi connectivity index (χ3n) is 9.64. The minimum Gasteiger partial charge on any atom is -0.341 e. The summed E-state index contributed by atoms with van der Waals surface area (Å²) in [4.78, 5) is 69.8. The van der Waals surface area contributed by atoms with Crippen LogP contribution >= 0.6 is 19.4 Å². The molecule has 1 aromatic heterocycles. The van der Waals surface area contributed by atoms with E-state index in [4.69, 9.17) is 4.89 Å². The van der Waals surface area contributed by atoms with Crippen LogP contribution < -0.4 is 5.32 Å². The van der Waals surface area contributed by atoms with Crippen LogP contribution in [0.3, 0.4) is 0 Å². The van der Waals surface area contributed by atoms with Crippen LogP contribution in [0.1, 0.15) is 59.8 Å². The van der Waals surface area contributed by atoms with Gasteiger partial charge in [0, 0.05) is 42.8 Å². The van der Waals surface area contributed by atoms with Crippen molar-refractivity contribution in [1.29, 1.82) is 0 Å². The Bertz CT molecular complexity index is 1730. The number of alkyl halides is 2. The van der Waals surface area contributed by atoms with Gasteiger partial charge in [0.15, 0.2) is 0 Å². The molecule has 0 bridgehead atoms. The number of benzene rings is 2. The van der Waals surface area contributed by atoms with E-state index < -0.39 is 43.2 Å². The Morgan fingerprint density at radius 3 is 2.46 bits per heavy atom. The van der Waals surface area contributed by atoms with Crippen molar-refractivity contribution in [3.8, 4) is 0 Å². The van der Waals surface area contributed by atoms with Crippen LogP contribution in [0.15, 0.2) is 54.6 Å². The van der Waals surface area contributed by atoms with Gasteiger partial charge in [0.2, 0.25) is 17.7 Å². The Morgan fingerprint density at radius 2 is 1.75 bits per heavy atom. The largest absolute Gasteiger partial charge is 0.589 e. The predicted molar refractivity (Wildman–Crippen MR) is 177 cm³/mol. The van der Waals surface area contributed by atoms with E-state index in [1.807, 2.05) is 37.3 Å². The first-order valence-corrected chi connectivity index (χ1v) is 18.3. The molecule has 4 heterocycles. The van der Waals surface area contributed by atoms with Gasteiger partial charge in [-0.15, -0.1) is 20.1 Å². The van der Waals surface area contributed by atoms with Crippen LogP contribution in [-0.2, 0) is 31.0 Å². The van der Waals surface area contributed by atoms with Crippen molar-refractivity contribution < 1.29 is 37.4 Å². The molecule has 4 amide bonds. The van der Waals surface area contributed by atoms with Crippen LogP contribution in [0.5, 0.6) is 0 Å². The summed E-state index contributed by atoms with van der Waals surface area (Å²) >= 11 is 1.03. The van der Waals surface area contributed by atoms with E-state index in [-0.39, 0.29) is 40.6 Å². The maximum absolute atomic E-state index is 14.4. The van der Waals surface area contributed by atoms with Crippen molar-refractivity contribution in [3.05, 3.63) is 70.6 Å². The molecular formula is C34H38F2N4O6PS+. The molecule has 3 saturated heterocycles. The van der Waals surface area contributed by atoms with E-state index in [1.165, 1.54) is 12.1 Å². The number of rotatable bonds is 8. The summed E-state index contributed by atoms with van der Waals surface area (Å²) in [7, 11) is -3.81. The van der Waals surface area contributed by atoms with Gasteiger partial charge in [-0.05, 0) is 78.3 Å². The number of hydrogen-bond donors (Lipinski definition) is 2. The maximum Gasteiger partial charge on any atom is 0.589 e. The summed E-state index contributed by atoms with van der Waals surface area (Å²) in [5.41, 5.74) is -3.60. The summed E-state index contributed by atoms with van der Waals surface area (Å²) in [6.45, 7) is 3.42. The van der Waals surface area contributed by atoms with Gasteiger partial charge in [-0.2, -0.15) is 4.89 Å². The number of likely N-dealkylation sites (tertiary alicyclic amines) is 1. The molecule has 3 fully saturated rings. The Hall–Kier alpha value is -3.80. The van der Waals surface area contributed by atoms with Gasteiger partial charge < -0.3 is 20.0 Å². The number of carbonyl (C=O) groups is 4. The highest BCUT2D eigenvalue weighted by Crippen LogP contribution is 2.48. The Kier molecular flexibility index (Phi) is 9.92. The van der Waals surface area contributed by atoms with Crippen LogP contribution in [0.2, 0.25) is 0 Å². The second-order valence-electron chi connectivity index (χ2n) is 12.9. The summed E-state index contributed by atoms with van der Waals surface area (Å²) in [6.07, 6.45) is 3.98. The molecule has 1 unspecified atom stereocenters. The first kappa shape index (κ1) is 34.1. The molecule has 5 atom stereocenters. The molecule has 3 aromatic rings. The monoisotopic (exact) mass is 699 g/mol. The fraction of sp³-hybridized carbons (Fsp3) is 0.471. The number of halogens is 2. The number of nitrogens with zero attached hydrogens (tertiary/aromatic N) is 3. The molecule has 48 heavy (non-hydrogen) atoms. The van der Waals surface area contributed by atoms with Gasteiger partial charge in [0.1, 0.15) is 12.1 Å². The number of hydrogen-bond acceptors (Lipinski definition) is 6. The van der Waals surface area contributed by atoms with Gasteiger partial charge in [-0.1, -0.05) is 37.3 Å². The van der Waals surface area contributed by atoms with Crippen LogP contribution in [0.4, 0.5) is 8.78 Å². The summed E-state index contributed by atoms with van der Waals surface area (Å²) in [5, 5.41) is 3.10. The maximum atomic E-state index is 14.4. The van der Waals surface area contributed by atoms with E-state index in [0.29, 0.717) is 50.0 Å². The van der Waals surface area contributed by atoms with Gasteiger partial charge in [-0.3, -0.25) is 19.2 Å². The average molecular weight is 700 g/mol. The van der Waals surface area contributed by atoms with Crippen molar-refractivity contribution in [3.63, 3.8) is 0 Å². The molecule has 0 spiro atoms. The number of carbonyl (C=O) groups excluding carboxylic acids is 4. The summed E-state index contributed by atoms with van der Waals surface area (Å²) < 4.78 is 40.3. The SMILES string of the molecule is C[C@@H](Cc1ccccc1)C(=O)N1CC[C@H]2CC[C@@H](C(=O)N3CCCC3)N2C(=O)[C@@H](NC(=O)c2cc3cc(C(F)(F)[P+](=O)O)ccc3s2)C1. The molecule has 10 nitrogen and oxygen atoms in total. The highest BCUT2D eigenvalue weighted by atomic mass is 32.1. The molecular weight excluding hydrogens is 661 g/mol. The summed E-state index contributed by atoms with van der Waals surface area (Å²) in [5.74, 6) is -1.66. The average Bonchev–Trinajstić information content (AvgIpc) is 3.84. The smallest absolute Gasteiger partial charge is 0.341 e. The Morgan fingerprint density at radius 1 is 1.02 bits per heavy atom. The fourth-order valence-electron chi connectivity index (χ4n) is 7.12. The standard InChI is InChI=1S/C34H37F2N4O6PS/c1-21(17-22-7-3-2-4-8-22)31(42)39-16-13-25-10-11-27(33(44)38-14-5-6-15-38)40(25)32(43)26(20-39)37-30(41)29-19-23-18-24(9-12-28(23)48-29)34(35,36)47(45)46/h2-4,7-9,12,18-19,21,25-27H,5-6,10-11,13-17,20H2,1H3,(H-,37,41,45,46)/p+1/t21-,25+,26-,27-/m0/s1. The molecule has 3 aliphatic heterocycles. The molecule has 6 rings (SSSR count). The van der Waals surface area contributed by atoms with Crippen molar-refractivity contribution in [1.82, 2.24) is 20.0 Å². The number of nitrogens with one attached hydrogen (secondary N) is 1. The zero-order valence-electron chi connectivity index (χ0n) is 26.5. The van der Waals surface area contributed by atoms with Crippen LogP contribution in [0.25, 0.3) is 10.1 Å². The van der Waals surface area contributed by atoms with Crippen molar-refractivity contribution >= 4 is 53.1 Å². The highest BCUT2D eigenvalue weighted by molar-refractivity contribution is 7.39. The first-order valence-electron chi connectivity index (χ1n) is 16.3. The first-order chi connectivity index (χ1) is 22.9. The number of amides is 4. The van der Waals surface area contributed by atoms with Crippen LogP contribution in [0, 0.1) is 5.92 Å². The predicted octanol–water partition coefficient (Wildman–Crippen LogP) is 4.88. The van der Waals surface area contributed by atoms with Crippen LogP contribution in [-0.4, -0.2) is 87.5 Å². The third-order valence-corrected chi connectivity index (χ3v) is 11.5. The van der Waals surface area contributed by atoms with E-state index in [0.717, 1.165) is 41.9 Å².